The van der Waals surface area contributed by atoms with Crippen LogP contribution in [0.4, 0.5) is 0 Å². The molecular weight excluding hydrogens is 382 g/mol. The second kappa shape index (κ2) is 8.76. The van der Waals surface area contributed by atoms with E-state index in [1.165, 1.54) is 0 Å². The summed E-state index contributed by atoms with van der Waals surface area (Å²) in [5, 5.41) is 3.84. The van der Waals surface area contributed by atoms with Crippen molar-refractivity contribution in [3.05, 3.63) is 114 Å². The van der Waals surface area contributed by atoms with E-state index < -0.39 is 0 Å². The van der Waals surface area contributed by atoms with Crippen molar-refractivity contribution in [3.63, 3.8) is 0 Å². The van der Waals surface area contributed by atoms with Gasteiger partial charge in [0.1, 0.15) is 0 Å². The quantitative estimate of drug-likeness (QED) is 0.453. The standard InChI is InChI=1S/C24H19ClN3O/c25-22-12-10-19(11-13-22)18-6-8-21(9-7-18)24(29)27-23(16-28-15-14-26-17-28)20-4-2-1-3-5-20/h1-13,15,17,23H,16H2,(H,27,29)/q-1/t23-/m0/s1. The Bertz CT molecular complexity index is 1060. The molecular formula is C24H19ClN3O-. The van der Waals surface area contributed by atoms with E-state index in [2.05, 4.69) is 16.5 Å². The number of imidazole rings is 1. The molecule has 0 unspecified atom stereocenters. The van der Waals surface area contributed by atoms with Crippen LogP contribution in [0.3, 0.4) is 0 Å². The highest BCUT2D eigenvalue weighted by atomic mass is 35.5. The molecule has 144 valence electrons. The van der Waals surface area contributed by atoms with Gasteiger partial charge in [0.25, 0.3) is 5.91 Å². The van der Waals surface area contributed by atoms with Crippen LogP contribution in [0.2, 0.25) is 5.02 Å². The second-order valence-corrected chi connectivity index (χ2v) is 7.16. The minimum Gasteiger partial charge on any atom is -0.442 e. The van der Waals surface area contributed by atoms with Crippen molar-refractivity contribution < 1.29 is 4.79 Å². The van der Waals surface area contributed by atoms with E-state index in [4.69, 9.17) is 11.6 Å². The van der Waals surface area contributed by atoms with Crippen molar-refractivity contribution >= 4 is 17.5 Å². The Kier molecular flexibility index (Phi) is 5.73. The molecule has 1 aromatic heterocycles. The Hall–Kier alpha value is -3.37. The van der Waals surface area contributed by atoms with Gasteiger partial charge in [-0.3, -0.25) is 4.79 Å². The van der Waals surface area contributed by atoms with Crippen molar-refractivity contribution in [2.75, 3.05) is 0 Å². The zero-order valence-electron chi connectivity index (χ0n) is 15.6. The number of hydrogen-bond acceptors (Lipinski definition) is 2. The van der Waals surface area contributed by atoms with Crippen LogP contribution < -0.4 is 5.32 Å². The molecule has 0 bridgehead atoms. The van der Waals surface area contributed by atoms with Gasteiger partial charge in [-0.2, -0.15) is 0 Å². The maximum atomic E-state index is 12.9. The highest BCUT2D eigenvalue weighted by molar-refractivity contribution is 6.30. The molecule has 0 aliphatic heterocycles. The molecule has 3 aromatic carbocycles. The third-order valence-electron chi connectivity index (χ3n) is 4.73. The fourth-order valence-corrected chi connectivity index (χ4v) is 3.30. The summed E-state index contributed by atoms with van der Waals surface area (Å²) in [5.41, 5.74) is 3.74. The average Bonchev–Trinajstić information content (AvgIpc) is 3.28. The fourth-order valence-electron chi connectivity index (χ4n) is 3.18. The molecule has 4 nitrogen and oxygen atoms in total. The first-order valence-corrected chi connectivity index (χ1v) is 9.66. The van der Waals surface area contributed by atoms with Crippen LogP contribution in [0.5, 0.6) is 0 Å². The van der Waals surface area contributed by atoms with Crippen molar-refractivity contribution in [1.29, 1.82) is 0 Å². The molecule has 0 radical (unpaired) electrons. The van der Waals surface area contributed by atoms with Crippen LogP contribution in [0, 0.1) is 6.20 Å². The molecule has 0 aliphatic rings. The van der Waals surface area contributed by atoms with Crippen LogP contribution in [0.1, 0.15) is 22.0 Å². The summed E-state index contributed by atoms with van der Waals surface area (Å²) < 4.78 is 1.90. The third kappa shape index (κ3) is 4.73. The fraction of sp³-hybridized carbons (Fsp3) is 0.0833. The Balaban J connectivity index is 1.52. The summed E-state index contributed by atoms with van der Waals surface area (Å²) in [4.78, 5) is 16.9. The topological polar surface area (TPSA) is 46.9 Å². The maximum Gasteiger partial charge on any atom is 0.251 e. The Morgan fingerprint density at radius 2 is 1.62 bits per heavy atom. The zero-order valence-corrected chi connectivity index (χ0v) is 16.4. The smallest absolute Gasteiger partial charge is 0.251 e. The molecule has 1 N–H and O–H groups in total. The van der Waals surface area contributed by atoms with Crippen LogP contribution >= 0.6 is 11.6 Å². The molecule has 1 heterocycles. The number of benzene rings is 3. The van der Waals surface area contributed by atoms with E-state index in [1.54, 1.807) is 12.5 Å². The number of halogens is 1. The Morgan fingerprint density at radius 1 is 0.966 bits per heavy atom. The molecule has 5 heteroatoms. The van der Waals surface area contributed by atoms with E-state index in [1.807, 2.05) is 83.4 Å². The first-order valence-electron chi connectivity index (χ1n) is 9.29. The summed E-state index contributed by atoms with van der Waals surface area (Å²) in [5.74, 6) is -0.120. The molecule has 0 spiro atoms. The molecule has 1 amide bonds. The van der Waals surface area contributed by atoms with E-state index in [0.29, 0.717) is 17.1 Å². The van der Waals surface area contributed by atoms with Gasteiger partial charge in [-0.25, -0.2) is 0 Å². The number of hydrogen-bond donors (Lipinski definition) is 1. The normalized spacial score (nSPS) is 11.8. The van der Waals surface area contributed by atoms with Gasteiger partial charge in [-0.05, 0) is 41.0 Å². The summed E-state index contributed by atoms with van der Waals surface area (Å²) >= 11 is 5.96. The van der Waals surface area contributed by atoms with Crippen molar-refractivity contribution in [2.24, 2.45) is 0 Å². The lowest BCUT2D eigenvalue weighted by molar-refractivity contribution is 0.0932. The van der Waals surface area contributed by atoms with Crippen molar-refractivity contribution in [2.45, 2.75) is 12.6 Å². The molecule has 4 aromatic rings. The first kappa shape index (κ1) is 19.0. The number of carbonyl (C=O) groups excluding carboxylic acids is 1. The van der Waals surface area contributed by atoms with Crippen molar-refractivity contribution in [1.82, 2.24) is 14.9 Å². The van der Waals surface area contributed by atoms with Gasteiger partial charge in [0.2, 0.25) is 0 Å². The van der Waals surface area contributed by atoms with E-state index in [9.17, 15) is 4.79 Å². The van der Waals surface area contributed by atoms with Gasteiger partial charge in [-0.15, -0.1) is 6.20 Å². The molecule has 4 rings (SSSR count). The zero-order chi connectivity index (χ0) is 20.1. The van der Waals surface area contributed by atoms with Crippen LogP contribution in [0.25, 0.3) is 11.1 Å². The van der Waals surface area contributed by atoms with Gasteiger partial charge in [0, 0.05) is 17.1 Å². The highest BCUT2D eigenvalue weighted by Gasteiger charge is 2.15. The molecule has 29 heavy (non-hydrogen) atoms. The molecule has 1 atom stereocenters. The van der Waals surface area contributed by atoms with Gasteiger partial charge >= 0.3 is 0 Å². The predicted molar refractivity (Wildman–Crippen MR) is 115 cm³/mol. The van der Waals surface area contributed by atoms with Gasteiger partial charge in [-0.1, -0.05) is 78.7 Å². The third-order valence-corrected chi connectivity index (χ3v) is 4.98. The van der Waals surface area contributed by atoms with E-state index in [-0.39, 0.29) is 11.9 Å². The van der Waals surface area contributed by atoms with E-state index in [0.717, 1.165) is 16.7 Å². The van der Waals surface area contributed by atoms with Gasteiger partial charge in [0.15, 0.2) is 0 Å². The summed E-state index contributed by atoms with van der Waals surface area (Å²) in [6.45, 7) is 0.578. The summed E-state index contributed by atoms with van der Waals surface area (Å²) in [6.07, 6.45) is 6.25. The second-order valence-electron chi connectivity index (χ2n) is 6.72. The Labute approximate surface area is 174 Å². The number of amides is 1. The lowest BCUT2D eigenvalue weighted by Gasteiger charge is -2.21. The number of carbonyl (C=O) groups is 1. The summed E-state index contributed by atoms with van der Waals surface area (Å²) in [7, 11) is 0. The first-order chi connectivity index (χ1) is 14.2. The maximum absolute atomic E-state index is 12.9. The minimum atomic E-state index is -0.178. The van der Waals surface area contributed by atoms with Crippen molar-refractivity contribution in [3.8, 4) is 11.1 Å². The highest BCUT2D eigenvalue weighted by Crippen LogP contribution is 2.22. The monoisotopic (exact) mass is 400 g/mol. The van der Waals surface area contributed by atoms with Gasteiger partial charge in [0.05, 0.1) is 6.04 Å². The van der Waals surface area contributed by atoms with E-state index >= 15 is 0 Å². The van der Waals surface area contributed by atoms with Gasteiger partial charge < -0.3 is 14.9 Å². The molecule has 0 saturated carbocycles. The molecule has 0 saturated heterocycles. The average molecular weight is 401 g/mol. The molecule has 0 aliphatic carbocycles. The number of nitrogens with zero attached hydrogens (tertiary/aromatic N) is 2. The summed E-state index contributed by atoms with van der Waals surface area (Å²) in [6, 6.07) is 24.9. The lowest BCUT2D eigenvalue weighted by atomic mass is 10.0. The van der Waals surface area contributed by atoms with Crippen LogP contribution in [-0.2, 0) is 6.54 Å². The van der Waals surface area contributed by atoms with Crippen LogP contribution in [0.15, 0.2) is 91.4 Å². The lowest BCUT2D eigenvalue weighted by Crippen LogP contribution is -2.31. The number of rotatable bonds is 6. The SMILES string of the molecule is O=C(N[C@@H](Cn1c[c-]nc1)c1ccccc1)c1ccc(-c2ccc(Cl)cc2)cc1. The Morgan fingerprint density at radius 3 is 2.24 bits per heavy atom. The minimum absolute atomic E-state index is 0.120. The van der Waals surface area contributed by atoms with Crippen LogP contribution in [-0.4, -0.2) is 15.5 Å². The molecule has 0 fully saturated rings. The number of aromatic nitrogens is 2. The number of nitrogens with one attached hydrogen (secondary N) is 1. The largest absolute Gasteiger partial charge is 0.442 e. The predicted octanol–water partition coefficient (Wildman–Crippen LogP) is 5.17.